The van der Waals surface area contributed by atoms with Crippen molar-refractivity contribution >= 4 is 11.4 Å². The van der Waals surface area contributed by atoms with E-state index in [0.717, 1.165) is 16.7 Å². The molecule has 2 aromatic carbocycles. The largest absolute Gasteiger partial charge is 0.496 e. The molecule has 0 amide bonds. The van der Waals surface area contributed by atoms with Crippen molar-refractivity contribution in [1.29, 1.82) is 0 Å². The van der Waals surface area contributed by atoms with Crippen molar-refractivity contribution in [2.24, 2.45) is 0 Å². The summed E-state index contributed by atoms with van der Waals surface area (Å²) in [6.07, 6.45) is 3.44. The fourth-order valence-corrected chi connectivity index (χ4v) is 4.62. The van der Waals surface area contributed by atoms with Crippen LogP contribution in [0.3, 0.4) is 0 Å². The second kappa shape index (κ2) is 9.14. The van der Waals surface area contributed by atoms with Gasteiger partial charge in [-0.15, -0.1) is 0 Å². The number of aryl methyl sites for hydroxylation is 3. The van der Waals surface area contributed by atoms with Crippen LogP contribution in [0.4, 0.5) is 11.4 Å². The molecule has 0 fully saturated rings. The van der Waals surface area contributed by atoms with Gasteiger partial charge in [0.2, 0.25) is 0 Å². The summed E-state index contributed by atoms with van der Waals surface area (Å²) in [5.74, 6) is 1.27. The van der Waals surface area contributed by atoms with E-state index in [0.29, 0.717) is 61.2 Å². The first-order valence-corrected chi connectivity index (χ1v) is 10.8. The van der Waals surface area contributed by atoms with E-state index in [2.05, 4.69) is 0 Å². The second-order valence-electron chi connectivity index (χ2n) is 9.21. The number of ether oxygens (including phenoxy) is 2. The summed E-state index contributed by atoms with van der Waals surface area (Å²) >= 11 is 0. The van der Waals surface area contributed by atoms with Gasteiger partial charge in [0, 0.05) is 28.8 Å². The first-order valence-electron chi connectivity index (χ1n) is 10.8. The highest BCUT2D eigenvalue weighted by molar-refractivity contribution is 5.61. The Labute approximate surface area is 187 Å². The normalized spacial score (nSPS) is 14.2. The smallest absolute Gasteiger partial charge is 0.280 e. The fourth-order valence-electron chi connectivity index (χ4n) is 4.62. The van der Waals surface area contributed by atoms with Crippen LogP contribution in [0.1, 0.15) is 61.4 Å². The minimum absolute atomic E-state index is 0.0463. The van der Waals surface area contributed by atoms with Gasteiger partial charge in [0.25, 0.3) is 11.4 Å². The number of rotatable bonds is 4. The lowest BCUT2D eigenvalue weighted by atomic mass is 9.81. The van der Waals surface area contributed by atoms with Crippen LogP contribution < -0.4 is 9.47 Å². The van der Waals surface area contributed by atoms with Gasteiger partial charge in [-0.05, 0) is 55.6 Å². The van der Waals surface area contributed by atoms with E-state index in [1.54, 1.807) is 26.4 Å². The van der Waals surface area contributed by atoms with Crippen LogP contribution in [0.2, 0.25) is 0 Å². The van der Waals surface area contributed by atoms with Crippen molar-refractivity contribution in [3.63, 3.8) is 0 Å². The van der Waals surface area contributed by atoms with Gasteiger partial charge in [-0.3, -0.25) is 20.2 Å². The van der Waals surface area contributed by atoms with Crippen molar-refractivity contribution in [1.82, 2.24) is 0 Å². The molecule has 32 heavy (non-hydrogen) atoms. The van der Waals surface area contributed by atoms with Gasteiger partial charge < -0.3 is 9.47 Å². The first-order chi connectivity index (χ1) is 15.1. The Kier molecular flexibility index (Phi) is 6.71. The second-order valence-corrected chi connectivity index (χ2v) is 9.21. The number of methoxy groups -OCH3 is 2. The molecule has 3 rings (SSSR count). The van der Waals surface area contributed by atoms with Crippen molar-refractivity contribution in [2.75, 3.05) is 14.2 Å². The Morgan fingerprint density at radius 2 is 1.28 bits per heavy atom. The predicted octanol–water partition coefficient (Wildman–Crippen LogP) is 5.48. The van der Waals surface area contributed by atoms with E-state index in [1.165, 1.54) is 0 Å². The molecule has 1 aliphatic carbocycles. The summed E-state index contributed by atoms with van der Waals surface area (Å²) in [4.78, 5) is 22.9. The van der Waals surface area contributed by atoms with Crippen molar-refractivity contribution in [2.45, 2.75) is 64.7 Å². The zero-order valence-corrected chi connectivity index (χ0v) is 19.3. The Morgan fingerprint density at radius 1 is 0.781 bits per heavy atom. The minimum Gasteiger partial charge on any atom is -0.496 e. The molecule has 2 aromatic rings. The van der Waals surface area contributed by atoms with Crippen LogP contribution in [-0.2, 0) is 31.1 Å². The van der Waals surface area contributed by atoms with Crippen molar-refractivity contribution in [3.8, 4) is 11.5 Å². The molecule has 8 nitrogen and oxygen atoms in total. The highest BCUT2D eigenvalue weighted by Gasteiger charge is 2.32. The summed E-state index contributed by atoms with van der Waals surface area (Å²) in [7, 11) is 3.13. The molecule has 0 spiro atoms. The molecule has 0 unspecified atom stereocenters. The zero-order chi connectivity index (χ0) is 23.6. The lowest BCUT2D eigenvalue weighted by Gasteiger charge is -2.24. The molecule has 4 bridgehead atoms. The maximum atomic E-state index is 12.1. The van der Waals surface area contributed by atoms with Gasteiger partial charge >= 0.3 is 0 Å². The van der Waals surface area contributed by atoms with Crippen LogP contribution in [0.25, 0.3) is 0 Å². The van der Waals surface area contributed by atoms with Crippen LogP contribution in [0, 0.1) is 20.2 Å². The molecule has 0 saturated heterocycles. The third-order valence-electron chi connectivity index (χ3n) is 6.03. The number of benzene rings is 2. The van der Waals surface area contributed by atoms with E-state index in [4.69, 9.17) is 9.47 Å². The number of non-ortho nitro benzene ring substituents is 1. The third-order valence-corrected chi connectivity index (χ3v) is 6.03. The molecule has 0 radical (unpaired) electrons. The molecule has 172 valence electrons. The van der Waals surface area contributed by atoms with E-state index in [9.17, 15) is 20.2 Å². The number of fused-ring (bicyclic) bond motifs is 4. The molecule has 0 N–H and O–H groups in total. The molecule has 8 heteroatoms. The van der Waals surface area contributed by atoms with Gasteiger partial charge in [-0.25, -0.2) is 0 Å². The molecule has 0 aliphatic heterocycles. The lowest BCUT2D eigenvalue weighted by molar-refractivity contribution is -0.386. The monoisotopic (exact) mass is 442 g/mol. The standard InChI is InChI=1S/C24H30N2O6/c1-24(2,3)20-14-17-9-6-8-15-12-18(25(27)28)13-16(22(15)31-4)10-7-11-19(23(17)32-5)21(20)26(29)30/h12-14H,6-11H2,1-5H3. The Balaban J connectivity index is 2.18. The summed E-state index contributed by atoms with van der Waals surface area (Å²) in [6.45, 7) is 5.94. The first kappa shape index (κ1) is 23.5. The van der Waals surface area contributed by atoms with Crippen LogP contribution >= 0.6 is 0 Å². The maximum absolute atomic E-state index is 12.1. The SMILES string of the molecule is COc1c2cc([N+](=O)[O-])cc1CCCc1c(OC)c(cc(C(C)(C)C)c1[N+](=O)[O-])CCC2. The average Bonchev–Trinajstić information content (AvgIpc) is 2.71. The minimum atomic E-state index is -0.399. The van der Waals surface area contributed by atoms with E-state index < -0.39 is 5.41 Å². The summed E-state index contributed by atoms with van der Waals surface area (Å²) < 4.78 is 11.3. The predicted molar refractivity (Wildman–Crippen MR) is 122 cm³/mol. The molecule has 0 atom stereocenters. The number of hydrogen-bond donors (Lipinski definition) is 0. The Bertz CT molecular complexity index is 1060. The van der Waals surface area contributed by atoms with E-state index >= 15 is 0 Å². The third kappa shape index (κ3) is 4.54. The maximum Gasteiger partial charge on any atom is 0.280 e. The van der Waals surface area contributed by atoms with Gasteiger partial charge in [0.1, 0.15) is 11.5 Å². The van der Waals surface area contributed by atoms with E-state index in [1.807, 2.05) is 26.8 Å². The molecular weight excluding hydrogens is 412 g/mol. The van der Waals surface area contributed by atoms with Gasteiger partial charge in [-0.1, -0.05) is 20.8 Å². The zero-order valence-electron chi connectivity index (χ0n) is 19.3. The number of nitro benzene ring substituents is 2. The summed E-state index contributed by atoms with van der Waals surface area (Å²) in [5.41, 5.74) is 3.57. The summed E-state index contributed by atoms with van der Waals surface area (Å²) in [5, 5.41) is 23.6. The average molecular weight is 443 g/mol. The van der Waals surface area contributed by atoms with Crippen LogP contribution in [-0.4, -0.2) is 24.1 Å². The fraction of sp³-hybridized carbons (Fsp3) is 0.500. The van der Waals surface area contributed by atoms with E-state index in [-0.39, 0.29) is 21.2 Å². The topological polar surface area (TPSA) is 105 Å². The molecular formula is C24H30N2O6. The van der Waals surface area contributed by atoms with Crippen LogP contribution in [0.5, 0.6) is 11.5 Å². The highest BCUT2D eigenvalue weighted by atomic mass is 16.6. The van der Waals surface area contributed by atoms with Gasteiger partial charge in [0.15, 0.2) is 0 Å². The molecule has 1 aliphatic rings. The number of hydrogen-bond acceptors (Lipinski definition) is 6. The van der Waals surface area contributed by atoms with Gasteiger partial charge in [0.05, 0.1) is 29.6 Å². The molecule has 0 saturated carbocycles. The van der Waals surface area contributed by atoms with Crippen molar-refractivity contribution < 1.29 is 19.3 Å². The quantitative estimate of drug-likeness (QED) is 0.458. The van der Waals surface area contributed by atoms with Gasteiger partial charge in [-0.2, -0.15) is 0 Å². The lowest BCUT2D eigenvalue weighted by Crippen LogP contribution is -2.17. The van der Waals surface area contributed by atoms with Crippen molar-refractivity contribution in [3.05, 3.63) is 66.2 Å². The number of nitrogens with zero attached hydrogens (tertiary/aromatic N) is 2. The Hall–Kier alpha value is -3.16. The number of nitro groups is 2. The highest BCUT2D eigenvalue weighted by Crippen LogP contribution is 2.43. The Morgan fingerprint density at radius 3 is 1.72 bits per heavy atom. The summed E-state index contributed by atoms with van der Waals surface area (Å²) in [6, 6.07) is 5.05. The molecule has 0 aromatic heterocycles. The molecule has 0 heterocycles. The van der Waals surface area contributed by atoms with Crippen LogP contribution in [0.15, 0.2) is 18.2 Å².